The Hall–Kier alpha value is -1.80. The lowest BCUT2D eigenvalue weighted by Gasteiger charge is -2.26. The molecule has 144 valence electrons. The summed E-state index contributed by atoms with van der Waals surface area (Å²) in [7, 11) is -3.83. The van der Waals surface area contributed by atoms with Crippen molar-refractivity contribution >= 4 is 44.8 Å². The van der Waals surface area contributed by atoms with Crippen molar-refractivity contribution in [2.24, 2.45) is 0 Å². The van der Waals surface area contributed by atoms with E-state index in [-0.39, 0.29) is 31.9 Å². The van der Waals surface area contributed by atoms with Gasteiger partial charge >= 0.3 is 0 Å². The molecule has 0 bridgehead atoms. The van der Waals surface area contributed by atoms with Crippen LogP contribution in [0.3, 0.4) is 0 Å². The van der Waals surface area contributed by atoms with Gasteiger partial charge in [-0.05, 0) is 37.1 Å². The van der Waals surface area contributed by atoms with E-state index >= 15 is 0 Å². The molecular weight excluding hydrogens is 411 g/mol. The van der Waals surface area contributed by atoms with Crippen LogP contribution in [0.4, 0.5) is 5.69 Å². The molecule has 1 aliphatic heterocycles. The Morgan fingerprint density at radius 3 is 2.37 bits per heavy atom. The molecule has 0 saturated carbocycles. The number of carbonyl (C=O) groups excluding carboxylic acids is 1. The van der Waals surface area contributed by atoms with Crippen LogP contribution in [-0.2, 0) is 10.0 Å². The third-order valence-corrected chi connectivity index (χ3v) is 7.03. The zero-order valence-corrected chi connectivity index (χ0v) is 16.6. The van der Waals surface area contributed by atoms with Crippen LogP contribution in [-0.4, -0.2) is 36.8 Å². The molecule has 27 heavy (non-hydrogen) atoms. The number of amides is 1. The number of rotatable bonds is 4. The molecule has 1 saturated heterocycles. The molecule has 2 aromatic rings. The lowest BCUT2D eigenvalue weighted by atomic mass is 10.2. The van der Waals surface area contributed by atoms with Crippen LogP contribution < -0.4 is 5.32 Å². The Morgan fingerprint density at radius 2 is 1.70 bits per heavy atom. The number of hydrogen-bond acceptors (Lipinski definition) is 4. The van der Waals surface area contributed by atoms with Gasteiger partial charge in [0.1, 0.15) is 10.6 Å². The summed E-state index contributed by atoms with van der Waals surface area (Å²) in [5, 5.41) is 12.3. The van der Waals surface area contributed by atoms with Gasteiger partial charge in [-0.25, -0.2) is 8.42 Å². The van der Waals surface area contributed by atoms with Gasteiger partial charge < -0.3 is 10.4 Å². The van der Waals surface area contributed by atoms with Gasteiger partial charge in [-0.3, -0.25) is 4.79 Å². The maximum absolute atomic E-state index is 12.9. The van der Waals surface area contributed by atoms with Gasteiger partial charge in [0.2, 0.25) is 10.0 Å². The minimum atomic E-state index is -3.83. The van der Waals surface area contributed by atoms with Crippen LogP contribution in [0.25, 0.3) is 0 Å². The molecule has 2 N–H and O–H groups in total. The maximum atomic E-state index is 12.9. The van der Waals surface area contributed by atoms with Crippen LogP contribution in [0, 0.1) is 0 Å². The number of anilines is 1. The molecule has 1 heterocycles. The SMILES string of the molecule is O=C(Nc1ccccc1O)c1cc(S(=O)(=O)N2CCCCC2)c(Cl)cc1Cl. The maximum Gasteiger partial charge on any atom is 0.257 e. The minimum Gasteiger partial charge on any atom is -0.506 e. The van der Waals surface area contributed by atoms with Crippen molar-refractivity contribution in [1.29, 1.82) is 0 Å². The number of benzene rings is 2. The zero-order valence-electron chi connectivity index (χ0n) is 14.3. The molecule has 0 atom stereocenters. The molecule has 9 heteroatoms. The van der Waals surface area contributed by atoms with E-state index in [1.807, 2.05) is 0 Å². The van der Waals surface area contributed by atoms with Gasteiger partial charge in [0.15, 0.2) is 0 Å². The van der Waals surface area contributed by atoms with Crippen molar-refractivity contribution in [3.8, 4) is 5.75 Å². The van der Waals surface area contributed by atoms with E-state index in [9.17, 15) is 18.3 Å². The highest BCUT2D eigenvalue weighted by Crippen LogP contribution is 2.32. The molecule has 0 aliphatic carbocycles. The van der Waals surface area contributed by atoms with Crippen LogP contribution >= 0.6 is 23.2 Å². The molecule has 6 nitrogen and oxygen atoms in total. The first-order valence-corrected chi connectivity index (χ1v) is 10.6. The van der Waals surface area contributed by atoms with Crippen LogP contribution in [0.5, 0.6) is 5.75 Å². The van der Waals surface area contributed by atoms with E-state index in [0.717, 1.165) is 19.3 Å². The fourth-order valence-electron chi connectivity index (χ4n) is 2.91. The first-order chi connectivity index (χ1) is 12.8. The highest BCUT2D eigenvalue weighted by molar-refractivity contribution is 7.89. The zero-order chi connectivity index (χ0) is 19.6. The van der Waals surface area contributed by atoms with E-state index in [1.165, 1.54) is 28.6 Å². The number of halogens is 2. The summed E-state index contributed by atoms with van der Waals surface area (Å²) in [6.07, 6.45) is 2.55. The smallest absolute Gasteiger partial charge is 0.257 e. The van der Waals surface area contributed by atoms with Gasteiger partial charge in [0.25, 0.3) is 5.91 Å². The van der Waals surface area contributed by atoms with Crippen molar-refractivity contribution in [3.63, 3.8) is 0 Å². The summed E-state index contributed by atoms with van der Waals surface area (Å²) in [5.41, 5.74) is 0.147. The monoisotopic (exact) mass is 428 g/mol. The number of para-hydroxylation sites is 2. The fourth-order valence-corrected chi connectivity index (χ4v) is 5.26. The summed E-state index contributed by atoms with van der Waals surface area (Å²) in [6.45, 7) is 0.835. The quantitative estimate of drug-likeness (QED) is 0.716. The number of carbonyl (C=O) groups is 1. The third-order valence-electron chi connectivity index (χ3n) is 4.35. The van der Waals surface area contributed by atoms with Crippen molar-refractivity contribution in [2.45, 2.75) is 24.2 Å². The van der Waals surface area contributed by atoms with E-state index < -0.39 is 15.9 Å². The molecule has 1 amide bonds. The number of nitrogens with zero attached hydrogens (tertiary/aromatic N) is 1. The van der Waals surface area contributed by atoms with Crippen molar-refractivity contribution in [2.75, 3.05) is 18.4 Å². The Kier molecular flexibility index (Phi) is 5.95. The number of nitrogens with one attached hydrogen (secondary N) is 1. The molecule has 2 aromatic carbocycles. The molecule has 0 aromatic heterocycles. The lowest BCUT2D eigenvalue weighted by Crippen LogP contribution is -2.35. The molecule has 0 radical (unpaired) electrons. The van der Waals surface area contributed by atoms with Gasteiger partial charge in [0.05, 0.1) is 21.3 Å². The van der Waals surface area contributed by atoms with Crippen molar-refractivity contribution < 1.29 is 18.3 Å². The summed E-state index contributed by atoms with van der Waals surface area (Å²) >= 11 is 12.3. The number of phenols is 1. The molecule has 1 fully saturated rings. The van der Waals surface area contributed by atoms with Gasteiger partial charge in [-0.1, -0.05) is 41.8 Å². The van der Waals surface area contributed by atoms with Crippen LogP contribution in [0.1, 0.15) is 29.6 Å². The summed E-state index contributed by atoms with van der Waals surface area (Å²) in [4.78, 5) is 12.4. The Bertz CT molecular complexity index is 973. The summed E-state index contributed by atoms with van der Waals surface area (Å²) in [5.74, 6) is -0.759. The van der Waals surface area contributed by atoms with E-state index in [2.05, 4.69) is 5.32 Å². The highest BCUT2D eigenvalue weighted by Gasteiger charge is 2.29. The Balaban J connectivity index is 1.96. The molecule has 0 unspecified atom stereocenters. The predicted molar refractivity (Wildman–Crippen MR) is 105 cm³/mol. The van der Waals surface area contributed by atoms with E-state index in [4.69, 9.17) is 23.2 Å². The normalized spacial score (nSPS) is 15.5. The lowest BCUT2D eigenvalue weighted by molar-refractivity contribution is 0.102. The summed E-state index contributed by atoms with van der Waals surface area (Å²) in [6, 6.07) is 8.63. The van der Waals surface area contributed by atoms with Gasteiger partial charge in [-0.2, -0.15) is 4.31 Å². The van der Waals surface area contributed by atoms with Crippen molar-refractivity contribution in [1.82, 2.24) is 4.31 Å². The minimum absolute atomic E-state index is 0.0190. The number of phenolic OH excluding ortho intramolecular Hbond substituents is 1. The average molecular weight is 429 g/mol. The van der Waals surface area contributed by atoms with Crippen LogP contribution in [0.2, 0.25) is 10.0 Å². The second-order valence-electron chi connectivity index (χ2n) is 6.20. The third kappa shape index (κ3) is 4.21. The summed E-state index contributed by atoms with van der Waals surface area (Å²) < 4.78 is 27.2. The Morgan fingerprint density at radius 1 is 1.04 bits per heavy atom. The largest absolute Gasteiger partial charge is 0.506 e. The van der Waals surface area contributed by atoms with Crippen molar-refractivity contribution in [3.05, 3.63) is 52.0 Å². The number of aromatic hydroxyl groups is 1. The van der Waals surface area contributed by atoms with E-state index in [1.54, 1.807) is 12.1 Å². The molecular formula is C18H18Cl2N2O4S. The average Bonchev–Trinajstić information content (AvgIpc) is 2.64. The first kappa shape index (κ1) is 19.9. The fraction of sp³-hybridized carbons (Fsp3) is 0.278. The number of piperidine rings is 1. The first-order valence-electron chi connectivity index (χ1n) is 8.39. The topological polar surface area (TPSA) is 86.7 Å². The molecule has 1 aliphatic rings. The van der Waals surface area contributed by atoms with Gasteiger partial charge in [0, 0.05) is 13.1 Å². The molecule has 3 rings (SSSR count). The number of hydrogen-bond donors (Lipinski definition) is 2. The number of sulfonamides is 1. The highest BCUT2D eigenvalue weighted by atomic mass is 35.5. The predicted octanol–water partition coefficient (Wildman–Crippen LogP) is 4.13. The Labute approximate surface area is 167 Å². The van der Waals surface area contributed by atoms with Crippen LogP contribution in [0.15, 0.2) is 41.3 Å². The van der Waals surface area contributed by atoms with Gasteiger partial charge in [-0.15, -0.1) is 0 Å². The molecule has 0 spiro atoms. The second kappa shape index (κ2) is 8.06. The standard InChI is InChI=1S/C18H18Cl2N2O4S/c19-13-11-14(20)17(27(25,26)22-8-4-1-5-9-22)10-12(13)18(24)21-15-6-2-3-7-16(15)23/h2-3,6-7,10-11,23H,1,4-5,8-9H2,(H,21,24). The van der Waals surface area contributed by atoms with E-state index in [0.29, 0.717) is 13.1 Å². The second-order valence-corrected chi connectivity index (χ2v) is 8.92.